The molecule has 1 N–H and O–H groups in total. The first-order chi connectivity index (χ1) is 12.1. The number of carbonyl (C=O) groups is 1. The monoisotopic (exact) mass is 394 g/mol. The lowest BCUT2D eigenvalue weighted by atomic mass is 10.1. The summed E-state index contributed by atoms with van der Waals surface area (Å²) >= 11 is 5.88. The molecule has 0 saturated heterocycles. The summed E-state index contributed by atoms with van der Waals surface area (Å²) in [7, 11) is -2.12. The molecule has 1 unspecified atom stereocenters. The summed E-state index contributed by atoms with van der Waals surface area (Å²) in [6.45, 7) is 5.44. The van der Waals surface area contributed by atoms with Crippen molar-refractivity contribution in [3.8, 4) is 0 Å². The Morgan fingerprint density at radius 2 is 1.69 bits per heavy atom. The molecule has 0 spiro atoms. The fourth-order valence-corrected chi connectivity index (χ4v) is 3.90. The average molecular weight is 395 g/mol. The van der Waals surface area contributed by atoms with Crippen LogP contribution in [0.25, 0.3) is 0 Å². The molecule has 2 aromatic rings. The van der Waals surface area contributed by atoms with E-state index in [-0.39, 0.29) is 22.9 Å². The van der Waals surface area contributed by atoms with Gasteiger partial charge >= 0.3 is 0 Å². The highest BCUT2D eigenvalue weighted by Gasteiger charge is 2.24. The van der Waals surface area contributed by atoms with E-state index in [2.05, 4.69) is 5.32 Å². The molecular weight excluding hydrogens is 372 g/mol. The van der Waals surface area contributed by atoms with Crippen LogP contribution in [0, 0.1) is 0 Å². The highest BCUT2D eigenvalue weighted by molar-refractivity contribution is 7.89. The Labute approximate surface area is 160 Å². The number of nitrogens with one attached hydrogen (secondary N) is 1. The zero-order valence-electron chi connectivity index (χ0n) is 15.2. The SMILES string of the molecule is CC(NC(=O)c1cccc(S(=O)(=O)N(C)C(C)C)c1)c1ccc(Cl)cc1. The van der Waals surface area contributed by atoms with E-state index < -0.39 is 10.0 Å². The van der Waals surface area contributed by atoms with Gasteiger partial charge in [0, 0.05) is 23.7 Å². The second-order valence-corrected chi connectivity index (χ2v) is 8.82. The normalized spacial score (nSPS) is 13.0. The maximum Gasteiger partial charge on any atom is 0.251 e. The standard InChI is InChI=1S/C19H23ClN2O3S/c1-13(2)22(4)26(24,25)18-7-5-6-16(12-18)19(23)21-14(3)15-8-10-17(20)11-9-15/h5-14H,1-4H3,(H,21,23). The molecule has 0 aliphatic rings. The molecule has 2 aromatic carbocycles. The van der Waals surface area contributed by atoms with Gasteiger partial charge in [-0.05, 0) is 56.7 Å². The van der Waals surface area contributed by atoms with Crippen LogP contribution in [-0.4, -0.2) is 31.7 Å². The molecule has 1 atom stereocenters. The van der Waals surface area contributed by atoms with Crippen LogP contribution in [0.5, 0.6) is 0 Å². The van der Waals surface area contributed by atoms with E-state index in [1.165, 1.54) is 23.5 Å². The highest BCUT2D eigenvalue weighted by atomic mass is 35.5. The number of amides is 1. The first-order valence-corrected chi connectivity index (χ1v) is 10.1. The van der Waals surface area contributed by atoms with Crippen LogP contribution in [0.4, 0.5) is 0 Å². The highest BCUT2D eigenvalue weighted by Crippen LogP contribution is 2.20. The quantitative estimate of drug-likeness (QED) is 0.808. The molecule has 0 bridgehead atoms. The number of nitrogens with zero attached hydrogens (tertiary/aromatic N) is 1. The molecule has 0 fully saturated rings. The van der Waals surface area contributed by atoms with Crippen LogP contribution in [0.1, 0.15) is 42.7 Å². The van der Waals surface area contributed by atoms with Gasteiger partial charge in [0.25, 0.3) is 5.91 Å². The lowest BCUT2D eigenvalue weighted by Gasteiger charge is -2.21. The topological polar surface area (TPSA) is 66.5 Å². The van der Waals surface area contributed by atoms with Crippen LogP contribution >= 0.6 is 11.6 Å². The van der Waals surface area contributed by atoms with Gasteiger partial charge < -0.3 is 5.32 Å². The largest absolute Gasteiger partial charge is 0.346 e. The van der Waals surface area contributed by atoms with Gasteiger partial charge in [-0.1, -0.05) is 29.8 Å². The molecule has 2 rings (SSSR count). The summed E-state index contributed by atoms with van der Waals surface area (Å²) in [5.74, 6) is -0.336. The van der Waals surface area contributed by atoms with Gasteiger partial charge in [0.1, 0.15) is 0 Å². The van der Waals surface area contributed by atoms with Crippen molar-refractivity contribution in [2.75, 3.05) is 7.05 Å². The van der Waals surface area contributed by atoms with Crippen molar-refractivity contribution < 1.29 is 13.2 Å². The smallest absolute Gasteiger partial charge is 0.251 e. The van der Waals surface area contributed by atoms with Gasteiger partial charge in [-0.15, -0.1) is 0 Å². The number of benzene rings is 2. The summed E-state index contributed by atoms with van der Waals surface area (Å²) in [4.78, 5) is 12.6. The number of halogens is 1. The molecule has 0 saturated carbocycles. The number of hydrogen-bond acceptors (Lipinski definition) is 3. The molecule has 7 heteroatoms. The van der Waals surface area contributed by atoms with E-state index in [0.29, 0.717) is 10.6 Å². The summed E-state index contributed by atoms with van der Waals surface area (Å²) < 4.78 is 26.5. The van der Waals surface area contributed by atoms with Crippen molar-refractivity contribution in [1.82, 2.24) is 9.62 Å². The van der Waals surface area contributed by atoms with E-state index in [1.807, 2.05) is 19.1 Å². The zero-order valence-corrected chi connectivity index (χ0v) is 16.8. The van der Waals surface area contributed by atoms with Crippen LogP contribution in [0.15, 0.2) is 53.4 Å². The number of hydrogen-bond donors (Lipinski definition) is 1. The minimum atomic E-state index is -3.64. The Morgan fingerprint density at radius 3 is 2.27 bits per heavy atom. The van der Waals surface area contributed by atoms with Crippen molar-refractivity contribution >= 4 is 27.5 Å². The lowest BCUT2D eigenvalue weighted by Crippen LogP contribution is -2.33. The Balaban J connectivity index is 2.21. The Bertz CT molecular complexity index is 880. The van der Waals surface area contributed by atoms with Crippen molar-refractivity contribution in [3.05, 3.63) is 64.7 Å². The van der Waals surface area contributed by atoms with Gasteiger partial charge in [0.2, 0.25) is 10.0 Å². The second-order valence-electron chi connectivity index (χ2n) is 6.39. The number of sulfonamides is 1. The van der Waals surface area contributed by atoms with Crippen LogP contribution in [0.3, 0.4) is 0 Å². The predicted octanol–water partition coefficient (Wildman–Crippen LogP) is 3.86. The Hall–Kier alpha value is -1.89. The summed E-state index contributed by atoms with van der Waals surface area (Å²) in [6.07, 6.45) is 0. The van der Waals surface area contributed by atoms with Gasteiger partial charge in [0.15, 0.2) is 0 Å². The summed E-state index contributed by atoms with van der Waals surface area (Å²) in [5.41, 5.74) is 1.20. The molecule has 0 aromatic heterocycles. The van der Waals surface area contributed by atoms with Gasteiger partial charge in [-0.25, -0.2) is 8.42 Å². The minimum Gasteiger partial charge on any atom is -0.346 e. The molecular formula is C19H23ClN2O3S. The van der Waals surface area contributed by atoms with E-state index in [4.69, 9.17) is 11.6 Å². The third kappa shape index (κ3) is 4.63. The van der Waals surface area contributed by atoms with Gasteiger partial charge in [0.05, 0.1) is 10.9 Å². The van der Waals surface area contributed by atoms with Gasteiger partial charge in [-0.2, -0.15) is 4.31 Å². The molecule has 1 amide bonds. The fraction of sp³-hybridized carbons (Fsp3) is 0.316. The van der Waals surface area contributed by atoms with Crippen molar-refractivity contribution in [3.63, 3.8) is 0 Å². The maximum absolute atomic E-state index is 12.6. The fourth-order valence-electron chi connectivity index (χ4n) is 2.36. The second kappa shape index (κ2) is 8.20. The van der Waals surface area contributed by atoms with E-state index >= 15 is 0 Å². The van der Waals surface area contributed by atoms with Crippen molar-refractivity contribution in [2.45, 2.75) is 37.8 Å². The average Bonchev–Trinajstić information content (AvgIpc) is 2.61. The molecule has 140 valence electrons. The molecule has 0 heterocycles. The van der Waals surface area contributed by atoms with E-state index in [9.17, 15) is 13.2 Å². The van der Waals surface area contributed by atoms with Crippen molar-refractivity contribution in [2.24, 2.45) is 0 Å². The van der Waals surface area contributed by atoms with E-state index in [0.717, 1.165) is 5.56 Å². The van der Waals surface area contributed by atoms with Crippen LogP contribution in [0.2, 0.25) is 5.02 Å². The van der Waals surface area contributed by atoms with Crippen molar-refractivity contribution in [1.29, 1.82) is 0 Å². The molecule has 0 aliphatic heterocycles. The molecule has 0 radical (unpaired) electrons. The van der Waals surface area contributed by atoms with Crippen LogP contribution in [-0.2, 0) is 10.0 Å². The zero-order chi connectivity index (χ0) is 19.5. The summed E-state index contributed by atoms with van der Waals surface area (Å²) in [6, 6.07) is 12.8. The first kappa shape index (κ1) is 20.4. The summed E-state index contributed by atoms with van der Waals surface area (Å²) in [5, 5.41) is 3.50. The molecule has 0 aliphatic carbocycles. The van der Waals surface area contributed by atoms with Gasteiger partial charge in [-0.3, -0.25) is 4.79 Å². The molecule has 26 heavy (non-hydrogen) atoms. The number of carbonyl (C=O) groups excluding carboxylic acids is 1. The first-order valence-electron chi connectivity index (χ1n) is 8.27. The minimum absolute atomic E-state index is 0.0977. The maximum atomic E-state index is 12.6. The third-order valence-electron chi connectivity index (χ3n) is 4.22. The lowest BCUT2D eigenvalue weighted by molar-refractivity contribution is 0.0939. The van der Waals surface area contributed by atoms with E-state index in [1.54, 1.807) is 38.1 Å². The Kier molecular flexibility index (Phi) is 6.44. The number of rotatable bonds is 6. The molecule has 5 nitrogen and oxygen atoms in total. The predicted molar refractivity (Wildman–Crippen MR) is 104 cm³/mol. The third-order valence-corrected chi connectivity index (χ3v) is 6.50. The van der Waals surface area contributed by atoms with Crippen LogP contribution < -0.4 is 5.32 Å². The Morgan fingerprint density at radius 1 is 1.08 bits per heavy atom.